The van der Waals surface area contributed by atoms with Crippen molar-refractivity contribution >= 4 is 11.9 Å². The van der Waals surface area contributed by atoms with E-state index in [0.717, 1.165) is 13.0 Å². The monoisotopic (exact) mass is 144 g/mol. The number of carboxylic acid groups (broad SMARTS) is 1. The van der Waals surface area contributed by atoms with E-state index in [4.69, 9.17) is 5.11 Å². The van der Waals surface area contributed by atoms with Crippen LogP contribution in [-0.4, -0.2) is 23.1 Å². The minimum Gasteiger partial charge on any atom is -0.478 e. The standard InChI is InChI=1S/C6H8O4/c1-3-5(6(8)9)10-4(2)7/h3,5H,1H2,2H3,(H,8,9). The molecule has 0 radical (unpaired) electrons. The Bertz CT molecular complexity index is 161. The summed E-state index contributed by atoms with van der Waals surface area (Å²) in [5.41, 5.74) is 0. The summed E-state index contributed by atoms with van der Waals surface area (Å²) in [5, 5.41) is 8.27. The minimum absolute atomic E-state index is 0.632. The molecule has 4 nitrogen and oxygen atoms in total. The maximum absolute atomic E-state index is 10.2. The average Bonchev–Trinajstić information content (AvgIpc) is 1.81. The number of rotatable bonds is 3. The number of ether oxygens (including phenoxy) is 1. The van der Waals surface area contributed by atoms with Gasteiger partial charge in [0, 0.05) is 6.92 Å². The van der Waals surface area contributed by atoms with Crippen LogP contribution in [0.3, 0.4) is 0 Å². The van der Waals surface area contributed by atoms with Crippen LogP contribution in [0.1, 0.15) is 6.92 Å². The normalized spacial score (nSPS) is 11.7. The molecule has 0 spiro atoms. The van der Waals surface area contributed by atoms with Gasteiger partial charge in [-0.2, -0.15) is 0 Å². The zero-order chi connectivity index (χ0) is 8.15. The van der Waals surface area contributed by atoms with Crippen molar-refractivity contribution in [3.05, 3.63) is 12.7 Å². The van der Waals surface area contributed by atoms with Crippen LogP contribution in [0, 0.1) is 0 Å². The molecular weight excluding hydrogens is 136 g/mol. The molecule has 0 saturated heterocycles. The van der Waals surface area contributed by atoms with Gasteiger partial charge >= 0.3 is 11.9 Å². The number of esters is 1. The lowest BCUT2D eigenvalue weighted by atomic mass is 10.3. The van der Waals surface area contributed by atoms with Crippen molar-refractivity contribution < 1.29 is 19.4 Å². The van der Waals surface area contributed by atoms with Gasteiger partial charge < -0.3 is 9.84 Å². The Balaban J connectivity index is 3.96. The Hall–Kier alpha value is -1.32. The predicted octanol–water partition coefficient (Wildman–Crippen LogP) is 0.189. The molecule has 0 aromatic rings. The van der Waals surface area contributed by atoms with E-state index in [1.807, 2.05) is 0 Å². The van der Waals surface area contributed by atoms with Crippen molar-refractivity contribution in [2.24, 2.45) is 0 Å². The lowest BCUT2D eigenvalue weighted by Crippen LogP contribution is -2.23. The van der Waals surface area contributed by atoms with E-state index in [1.165, 1.54) is 0 Å². The second-order valence-electron chi connectivity index (χ2n) is 1.60. The summed E-state index contributed by atoms with van der Waals surface area (Å²) in [7, 11) is 0. The second-order valence-corrected chi connectivity index (χ2v) is 1.60. The number of carbonyl (C=O) groups is 2. The van der Waals surface area contributed by atoms with Crippen molar-refractivity contribution in [3.8, 4) is 0 Å². The first-order valence-corrected chi connectivity index (χ1v) is 2.60. The minimum atomic E-state index is -1.22. The van der Waals surface area contributed by atoms with Gasteiger partial charge in [-0.25, -0.2) is 4.79 Å². The van der Waals surface area contributed by atoms with Gasteiger partial charge in [0.05, 0.1) is 0 Å². The molecule has 0 fully saturated rings. The van der Waals surface area contributed by atoms with Gasteiger partial charge in [0.2, 0.25) is 6.10 Å². The summed E-state index contributed by atoms with van der Waals surface area (Å²) in [5.74, 6) is -1.85. The van der Waals surface area contributed by atoms with E-state index >= 15 is 0 Å². The molecule has 56 valence electrons. The highest BCUT2D eigenvalue weighted by atomic mass is 16.6. The molecule has 0 rings (SSSR count). The van der Waals surface area contributed by atoms with E-state index in [9.17, 15) is 9.59 Å². The average molecular weight is 144 g/mol. The summed E-state index contributed by atoms with van der Waals surface area (Å²) in [6.45, 7) is 4.32. The zero-order valence-electron chi connectivity index (χ0n) is 5.53. The maximum Gasteiger partial charge on any atom is 0.349 e. The van der Waals surface area contributed by atoms with Crippen LogP contribution < -0.4 is 0 Å². The number of hydrogen-bond donors (Lipinski definition) is 1. The molecule has 0 aliphatic rings. The van der Waals surface area contributed by atoms with E-state index in [-0.39, 0.29) is 0 Å². The molecule has 1 atom stereocenters. The molecule has 10 heavy (non-hydrogen) atoms. The summed E-state index contributed by atoms with van der Waals surface area (Å²) >= 11 is 0. The Labute approximate surface area is 58.1 Å². The van der Waals surface area contributed by atoms with Crippen LogP contribution in [0.4, 0.5) is 0 Å². The van der Waals surface area contributed by atoms with Gasteiger partial charge in [-0.1, -0.05) is 6.58 Å². The quantitative estimate of drug-likeness (QED) is 0.453. The molecule has 0 aromatic carbocycles. The van der Waals surface area contributed by atoms with Crippen molar-refractivity contribution in [1.29, 1.82) is 0 Å². The Morgan fingerprint density at radius 1 is 1.70 bits per heavy atom. The molecule has 0 aliphatic heterocycles. The molecule has 0 saturated carbocycles. The van der Waals surface area contributed by atoms with E-state index in [1.54, 1.807) is 0 Å². The van der Waals surface area contributed by atoms with Crippen molar-refractivity contribution in [2.75, 3.05) is 0 Å². The third-order valence-corrected chi connectivity index (χ3v) is 0.750. The fourth-order valence-corrected chi connectivity index (χ4v) is 0.378. The molecule has 0 aliphatic carbocycles. The van der Waals surface area contributed by atoms with Gasteiger partial charge in [0.15, 0.2) is 0 Å². The van der Waals surface area contributed by atoms with Crippen LogP contribution >= 0.6 is 0 Å². The highest BCUT2D eigenvalue weighted by Gasteiger charge is 2.15. The summed E-state index contributed by atoms with van der Waals surface area (Å²) in [6.07, 6.45) is -0.179. The van der Waals surface area contributed by atoms with E-state index in [0.29, 0.717) is 0 Å². The predicted molar refractivity (Wildman–Crippen MR) is 33.4 cm³/mol. The number of hydrogen-bond acceptors (Lipinski definition) is 3. The molecule has 1 unspecified atom stereocenters. The fourth-order valence-electron chi connectivity index (χ4n) is 0.378. The molecule has 0 bridgehead atoms. The largest absolute Gasteiger partial charge is 0.478 e. The first-order valence-electron chi connectivity index (χ1n) is 2.60. The highest BCUT2D eigenvalue weighted by Crippen LogP contribution is 1.93. The Kier molecular flexibility index (Phi) is 3.17. The third kappa shape index (κ3) is 2.86. The lowest BCUT2D eigenvalue weighted by Gasteiger charge is -2.05. The Morgan fingerprint density at radius 2 is 2.20 bits per heavy atom. The van der Waals surface area contributed by atoms with Gasteiger partial charge in [0.1, 0.15) is 0 Å². The summed E-state index contributed by atoms with van der Waals surface area (Å²) in [6, 6.07) is 0. The fraction of sp³-hybridized carbons (Fsp3) is 0.333. The molecule has 0 aromatic heterocycles. The molecular formula is C6H8O4. The zero-order valence-corrected chi connectivity index (χ0v) is 5.53. The lowest BCUT2D eigenvalue weighted by molar-refractivity contribution is -0.158. The van der Waals surface area contributed by atoms with Gasteiger partial charge in [-0.3, -0.25) is 4.79 Å². The molecule has 0 heterocycles. The number of carbonyl (C=O) groups excluding carboxylic acids is 1. The van der Waals surface area contributed by atoms with E-state index < -0.39 is 18.0 Å². The first kappa shape index (κ1) is 8.68. The maximum atomic E-state index is 10.2. The van der Waals surface area contributed by atoms with Crippen LogP contribution in [0.25, 0.3) is 0 Å². The molecule has 1 N–H and O–H groups in total. The van der Waals surface area contributed by atoms with Gasteiger partial charge in [-0.05, 0) is 6.08 Å². The first-order chi connectivity index (χ1) is 4.57. The Morgan fingerprint density at radius 3 is 2.30 bits per heavy atom. The number of aliphatic carboxylic acids is 1. The summed E-state index contributed by atoms with van der Waals surface area (Å²) in [4.78, 5) is 20.3. The van der Waals surface area contributed by atoms with Gasteiger partial charge in [0.25, 0.3) is 0 Å². The highest BCUT2D eigenvalue weighted by molar-refractivity contribution is 5.78. The van der Waals surface area contributed by atoms with Gasteiger partial charge in [-0.15, -0.1) is 0 Å². The van der Waals surface area contributed by atoms with E-state index in [2.05, 4.69) is 11.3 Å². The second kappa shape index (κ2) is 3.66. The van der Waals surface area contributed by atoms with Crippen LogP contribution in [-0.2, 0) is 14.3 Å². The van der Waals surface area contributed by atoms with Crippen molar-refractivity contribution in [2.45, 2.75) is 13.0 Å². The van der Waals surface area contributed by atoms with Crippen LogP contribution in [0.5, 0.6) is 0 Å². The molecule has 4 heteroatoms. The van der Waals surface area contributed by atoms with Crippen LogP contribution in [0.2, 0.25) is 0 Å². The third-order valence-electron chi connectivity index (χ3n) is 0.750. The van der Waals surface area contributed by atoms with Crippen LogP contribution in [0.15, 0.2) is 12.7 Å². The molecule has 0 amide bonds. The van der Waals surface area contributed by atoms with Crippen molar-refractivity contribution in [3.63, 3.8) is 0 Å². The topological polar surface area (TPSA) is 63.6 Å². The van der Waals surface area contributed by atoms with Crippen molar-refractivity contribution in [1.82, 2.24) is 0 Å². The SMILES string of the molecule is C=CC(OC(C)=O)C(=O)O. The number of carboxylic acids is 1. The summed E-state index contributed by atoms with van der Waals surface area (Å²) < 4.78 is 4.30. The smallest absolute Gasteiger partial charge is 0.349 e.